The fraction of sp³-hybridized carbons (Fsp3) is 0.485. The Kier molecular flexibility index (Phi) is 6.07. The SMILES string of the molecule is CC1CCN(Cc2cn3c4c(cccc24)-c2c(C4CCCCC4)c4ccc(C(=O)O)cc4n2CCC3)CC1. The van der Waals surface area contributed by atoms with Crippen molar-refractivity contribution in [3.63, 3.8) is 0 Å². The van der Waals surface area contributed by atoms with Gasteiger partial charge in [0.1, 0.15) is 0 Å². The van der Waals surface area contributed by atoms with Gasteiger partial charge in [-0.3, -0.25) is 4.90 Å². The number of carboxylic acid groups (broad SMARTS) is 1. The number of likely N-dealkylation sites (tertiary alicyclic amines) is 1. The average Bonchev–Trinajstić information content (AvgIpc) is 3.44. The summed E-state index contributed by atoms with van der Waals surface area (Å²) in [6, 6.07) is 12.7. The van der Waals surface area contributed by atoms with Gasteiger partial charge >= 0.3 is 5.97 Å². The predicted octanol–water partition coefficient (Wildman–Crippen LogP) is 7.64. The molecule has 4 aromatic rings. The van der Waals surface area contributed by atoms with Crippen LogP contribution in [0.2, 0.25) is 0 Å². The van der Waals surface area contributed by atoms with Crippen molar-refractivity contribution in [2.24, 2.45) is 5.92 Å². The van der Waals surface area contributed by atoms with Crippen LogP contribution in [0, 0.1) is 5.92 Å². The Labute approximate surface area is 225 Å². The van der Waals surface area contributed by atoms with E-state index in [0.29, 0.717) is 11.5 Å². The summed E-state index contributed by atoms with van der Waals surface area (Å²) in [4.78, 5) is 14.6. The van der Waals surface area contributed by atoms with Crippen LogP contribution in [0.5, 0.6) is 0 Å². The van der Waals surface area contributed by atoms with Crippen molar-refractivity contribution >= 4 is 27.8 Å². The van der Waals surface area contributed by atoms with Gasteiger partial charge in [-0.05, 0) is 80.3 Å². The summed E-state index contributed by atoms with van der Waals surface area (Å²) in [5, 5.41) is 12.4. The second-order valence-electron chi connectivity index (χ2n) is 12.1. The molecule has 2 aromatic carbocycles. The smallest absolute Gasteiger partial charge is 0.335 e. The topological polar surface area (TPSA) is 50.4 Å². The van der Waals surface area contributed by atoms with Crippen molar-refractivity contribution in [1.82, 2.24) is 14.0 Å². The molecule has 1 aliphatic carbocycles. The first kappa shape index (κ1) is 24.0. The van der Waals surface area contributed by atoms with Crippen LogP contribution in [-0.4, -0.2) is 38.2 Å². The van der Waals surface area contributed by atoms with Crippen molar-refractivity contribution in [2.75, 3.05) is 13.1 Å². The minimum absolute atomic E-state index is 0.384. The second-order valence-corrected chi connectivity index (χ2v) is 12.1. The van der Waals surface area contributed by atoms with E-state index in [2.05, 4.69) is 51.4 Å². The molecule has 2 aromatic heterocycles. The molecule has 1 saturated carbocycles. The number of hydrogen-bond donors (Lipinski definition) is 1. The molecule has 0 atom stereocenters. The van der Waals surface area contributed by atoms with E-state index in [9.17, 15) is 9.90 Å². The number of carboxylic acids is 1. The van der Waals surface area contributed by atoms with Gasteiger partial charge in [-0.1, -0.05) is 50.5 Å². The summed E-state index contributed by atoms with van der Waals surface area (Å²) < 4.78 is 5.00. The van der Waals surface area contributed by atoms with Gasteiger partial charge in [-0.2, -0.15) is 0 Å². The molecule has 38 heavy (non-hydrogen) atoms. The molecule has 4 heterocycles. The number of piperidine rings is 1. The number of aryl methyl sites for hydroxylation is 2. The highest BCUT2D eigenvalue weighted by atomic mass is 16.4. The zero-order valence-electron chi connectivity index (χ0n) is 22.6. The lowest BCUT2D eigenvalue weighted by molar-refractivity contribution is 0.0697. The summed E-state index contributed by atoms with van der Waals surface area (Å²) in [6.45, 7) is 7.70. The summed E-state index contributed by atoms with van der Waals surface area (Å²) >= 11 is 0. The number of carbonyl (C=O) groups is 1. The minimum Gasteiger partial charge on any atom is -0.478 e. The minimum atomic E-state index is -0.847. The quantitative estimate of drug-likeness (QED) is 0.307. The highest BCUT2D eigenvalue weighted by molar-refractivity contribution is 6.03. The molecule has 1 saturated heterocycles. The first-order valence-corrected chi connectivity index (χ1v) is 14.8. The van der Waals surface area contributed by atoms with Gasteiger partial charge in [0.05, 0.1) is 16.8 Å². The Balaban J connectivity index is 1.44. The van der Waals surface area contributed by atoms with E-state index in [4.69, 9.17) is 0 Å². The molecule has 0 spiro atoms. The molecule has 2 fully saturated rings. The molecule has 1 N–H and O–H groups in total. The monoisotopic (exact) mass is 509 g/mol. The van der Waals surface area contributed by atoms with E-state index in [1.54, 1.807) is 0 Å². The molecule has 7 rings (SSSR count). The average molecular weight is 510 g/mol. The fourth-order valence-electron chi connectivity index (χ4n) is 7.62. The second kappa shape index (κ2) is 9.60. The van der Waals surface area contributed by atoms with E-state index in [1.807, 2.05) is 12.1 Å². The lowest BCUT2D eigenvalue weighted by atomic mass is 9.81. The van der Waals surface area contributed by atoms with E-state index >= 15 is 0 Å². The molecular weight excluding hydrogens is 470 g/mol. The zero-order valence-corrected chi connectivity index (χ0v) is 22.6. The molecule has 198 valence electrons. The number of nitrogens with zero attached hydrogens (tertiary/aromatic N) is 3. The highest BCUT2D eigenvalue weighted by Crippen LogP contribution is 2.47. The van der Waals surface area contributed by atoms with Crippen molar-refractivity contribution in [1.29, 1.82) is 0 Å². The van der Waals surface area contributed by atoms with E-state index in [0.717, 1.165) is 37.5 Å². The largest absolute Gasteiger partial charge is 0.478 e. The van der Waals surface area contributed by atoms with Crippen LogP contribution in [-0.2, 0) is 19.6 Å². The summed E-state index contributed by atoms with van der Waals surface area (Å²) in [5.74, 6) is 0.529. The van der Waals surface area contributed by atoms with Gasteiger partial charge in [0.2, 0.25) is 0 Å². The first-order chi connectivity index (χ1) is 18.6. The van der Waals surface area contributed by atoms with E-state index in [-0.39, 0.29) is 0 Å². The molecule has 0 bridgehead atoms. The van der Waals surface area contributed by atoms with E-state index in [1.165, 1.54) is 96.7 Å². The third kappa shape index (κ3) is 3.98. The third-order valence-electron chi connectivity index (χ3n) is 9.65. The molecular formula is C33H39N3O2. The Morgan fingerprint density at radius 1 is 0.921 bits per heavy atom. The van der Waals surface area contributed by atoms with Crippen molar-refractivity contribution < 1.29 is 9.90 Å². The maximum atomic E-state index is 11.9. The number of benzene rings is 2. The number of aromatic carboxylic acids is 1. The van der Waals surface area contributed by atoms with Gasteiger partial charge in [-0.15, -0.1) is 0 Å². The molecule has 3 aliphatic rings. The maximum Gasteiger partial charge on any atom is 0.335 e. The Bertz CT molecular complexity index is 1510. The van der Waals surface area contributed by atoms with E-state index < -0.39 is 5.97 Å². The van der Waals surface area contributed by atoms with Gasteiger partial charge in [-0.25, -0.2) is 4.79 Å². The van der Waals surface area contributed by atoms with Gasteiger partial charge < -0.3 is 14.2 Å². The number of hydrogen-bond acceptors (Lipinski definition) is 2. The zero-order chi connectivity index (χ0) is 25.8. The van der Waals surface area contributed by atoms with Crippen molar-refractivity contribution in [3.8, 4) is 11.3 Å². The van der Waals surface area contributed by atoms with Crippen molar-refractivity contribution in [3.05, 3.63) is 59.3 Å². The number of fused-ring (bicyclic) bond motifs is 4. The molecule has 5 nitrogen and oxygen atoms in total. The van der Waals surface area contributed by atoms with Gasteiger partial charge in [0, 0.05) is 47.7 Å². The predicted molar refractivity (Wildman–Crippen MR) is 154 cm³/mol. The summed E-state index contributed by atoms with van der Waals surface area (Å²) in [5.41, 5.74) is 8.44. The van der Waals surface area contributed by atoms with Crippen LogP contribution in [0.3, 0.4) is 0 Å². The van der Waals surface area contributed by atoms with Gasteiger partial charge in [0.15, 0.2) is 0 Å². The van der Waals surface area contributed by atoms with Crippen LogP contribution in [0.1, 0.15) is 85.7 Å². The highest BCUT2D eigenvalue weighted by Gasteiger charge is 2.30. The normalized spacial score (nSPS) is 19.5. The van der Waals surface area contributed by atoms with Crippen LogP contribution < -0.4 is 0 Å². The lowest BCUT2D eigenvalue weighted by Gasteiger charge is -2.30. The summed E-state index contributed by atoms with van der Waals surface area (Å²) in [6.07, 6.45) is 12.4. The maximum absolute atomic E-state index is 11.9. The fourth-order valence-corrected chi connectivity index (χ4v) is 7.62. The molecule has 5 heteroatoms. The number of para-hydroxylation sites is 1. The van der Waals surface area contributed by atoms with Gasteiger partial charge in [0.25, 0.3) is 0 Å². The third-order valence-corrected chi connectivity index (χ3v) is 9.65. The first-order valence-electron chi connectivity index (χ1n) is 14.8. The Hall–Kier alpha value is -3.05. The Morgan fingerprint density at radius 2 is 1.74 bits per heavy atom. The summed E-state index contributed by atoms with van der Waals surface area (Å²) in [7, 11) is 0. The Morgan fingerprint density at radius 3 is 2.53 bits per heavy atom. The van der Waals surface area contributed by atoms with Crippen LogP contribution in [0.25, 0.3) is 33.1 Å². The molecule has 0 radical (unpaired) electrons. The lowest BCUT2D eigenvalue weighted by Crippen LogP contribution is -2.32. The van der Waals surface area contributed by atoms with Crippen LogP contribution in [0.4, 0.5) is 0 Å². The molecule has 2 aliphatic heterocycles. The standard InChI is InChI=1S/C33H39N3O2/c1-22-13-17-34(18-14-22)20-25-21-35-15-6-16-36-29-19-24(33(37)38)11-12-27(29)30(23-7-3-2-4-8-23)32(36)28-10-5-9-26(25)31(28)35/h5,9-12,19,21-23H,2-4,6-8,13-18,20H2,1H3,(H,37,38). The molecule has 0 amide bonds. The van der Waals surface area contributed by atoms with Crippen molar-refractivity contribution in [2.45, 2.75) is 83.8 Å². The van der Waals surface area contributed by atoms with Crippen LogP contribution in [0.15, 0.2) is 42.6 Å². The molecule has 0 unspecified atom stereocenters. The number of rotatable bonds is 4. The number of aromatic nitrogens is 2. The van der Waals surface area contributed by atoms with Crippen LogP contribution >= 0.6 is 0 Å².